The Bertz CT molecular complexity index is 728. The van der Waals surface area contributed by atoms with Crippen LogP contribution in [0.5, 0.6) is 11.6 Å². The number of rotatable bonds is 8. The highest BCUT2D eigenvalue weighted by Gasteiger charge is 2.16. The summed E-state index contributed by atoms with van der Waals surface area (Å²) in [5.74, 6) is -0.326. The van der Waals surface area contributed by atoms with E-state index >= 15 is 0 Å². The van der Waals surface area contributed by atoms with E-state index in [9.17, 15) is 9.90 Å². The second kappa shape index (κ2) is 8.67. The predicted octanol–water partition coefficient (Wildman–Crippen LogP) is 3.68. The SMILES string of the molecule is CCCCc1cc(Oc2ccccc2C(=COC)C(=O)O)ncn1. The number of para-hydroxylation sites is 1. The Balaban J connectivity index is 2.31. The Kier molecular flexibility index (Phi) is 6.31. The van der Waals surface area contributed by atoms with Gasteiger partial charge in [0.05, 0.1) is 13.4 Å². The first-order valence-electron chi connectivity index (χ1n) is 7.70. The van der Waals surface area contributed by atoms with Crippen LogP contribution in [-0.4, -0.2) is 28.2 Å². The van der Waals surface area contributed by atoms with E-state index in [1.165, 1.54) is 19.7 Å². The van der Waals surface area contributed by atoms with E-state index in [0.717, 1.165) is 25.0 Å². The summed E-state index contributed by atoms with van der Waals surface area (Å²) in [5.41, 5.74) is 1.32. The number of hydrogen-bond acceptors (Lipinski definition) is 5. The number of carboxylic acids is 1. The molecule has 0 unspecified atom stereocenters. The fourth-order valence-electron chi connectivity index (χ4n) is 2.17. The van der Waals surface area contributed by atoms with Crippen molar-refractivity contribution < 1.29 is 19.4 Å². The molecule has 2 aromatic rings. The van der Waals surface area contributed by atoms with Gasteiger partial charge in [-0.1, -0.05) is 31.5 Å². The van der Waals surface area contributed by atoms with Gasteiger partial charge in [0.1, 0.15) is 17.6 Å². The van der Waals surface area contributed by atoms with E-state index in [1.54, 1.807) is 30.3 Å². The number of aliphatic carboxylic acids is 1. The van der Waals surface area contributed by atoms with E-state index in [1.807, 2.05) is 0 Å². The second-order valence-corrected chi connectivity index (χ2v) is 5.12. The van der Waals surface area contributed by atoms with E-state index in [4.69, 9.17) is 9.47 Å². The molecule has 0 saturated heterocycles. The van der Waals surface area contributed by atoms with Crippen molar-refractivity contribution in [3.8, 4) is 11.6 Å². The maximum Gasteiger partial charge on any atom is 0.339 e. The lowest BCUT2D eigenvalue weighted by Gasteiger charge is -2.11. The Morgan fingerprint density at radius 3 is 2.79 bits per heavy atom. The molecule has 0 radical (unpaired) electrons. The molecule has 0 atom stereocenters. The van der Waals surface area contributed by atoms with Crippen LogP contribution in [0.3, 0.4) is 0 Å². The lowest BCUT2D eigenvalue weighted by Crippen LogP contribution is -2.03. The lowest BCUT2D eigenvalue weighted by atomic mass is 10.1. The maximum atomic E-state index is 11.4. The van der Waals surface area contributed by atoms with Crippen molar-refractivity contribution in [2.24, 2.45) is 0 Å². The Labute approximate surface area is 140 Å². The van der Waals surface area contributed by atoms with Crippen LogP contribution in [0.2, 0.25) is 0 Å². The number of methoxy groups -OCH3 is 1. The minimum atomic E-state index is -1.10. The largest absolute Gasteiger partial charge is 0.503 e. The number of benzene rings is 1. The monoisotopic (exact) mass is 328 g/mol. The van der Waals surface area contributed by atoms with Crippen molar-refractivity contribution in [3.05, 3.63) is 54.2 Å². The first-order valence-corrected chi connectivity index (χ1v) is 7.70. The summed E-state index contributed by atoms with van der Waals surface area (Å²) in [6.45, 7) is 2.12. The van der Waals surface area contributed by atoms with Gasteiger partial charge in [0.2, 0.25) is 5.88 Å². The molecule has 1 heterocycles. The molecule has 1 aromatic carbocycles. The van der Waals surface area contributed by atoms with Gasteiger partial charge < -0.3 is 14.6 Å². The van der Waals surface area contributed by atoms with Crippen LogP contribution < -0.4 is 4.74 Å². The zero-order valence-electron chi connectivity index (χ0n) is 13.7. The number of carbonyl (C=O) groups is 1. The summed E-state index contributed by atoms with van der Waals surface area (Å²) in [4.78, 5) is 19.8. The molecular weight excluding hydrogens is 308 g/mol. The highest BCUT2D eigenvalue weighted by molar-refractivity contribution is 6.15. The number of nitrogens with zero attached hydrogens (tertiary/aromatic N) is 2. The average molecular weight is 328 g/mol. The quantitative estimate of drug-likeness (QED) is 0.588. The molecule has 2 rings (SSSR count). The van der Waals surface area contributed by atoms with Gasteiger partial charge in [-0.2, -0.15) is 0 Å². The highest BCUT2D eigenvalue weighted by Crippen LogP contribution is 2.29. The summed E-state index contributed by atoms with van der Waals surface area (Å²) in [5, 5.41) is 9.36. The summed E-state index contributed by atoms with van der Waals surface area (Å²) >= 11 is 0. The summed E-state index contributed by atoms with van der Waals surface area (Å²) < 4.78 is 10.7. The third-order valence-electron chi connectivity index (χ3n) is 3.34. The second-order valence-electron chi connectivity index (χ2n) is 5.12. The molecule has 0 bridgehead atoms. The predicted molar refractivity (Wildman–Crippen MR) is 89.8 cm³/mol. The zero-order valence-corrected chi connectivity index (χ0v) is 13.7. The van der Waals surface area contributed by atoms with E-state index in [0.29, 0.717) is 17.2 Å². The molecule has 126 valence electrons. The van der Waals surface area contributed by atoms with E-state index in [-0.39, 0.29) is 5.57 Å². The zero-order chi connectivity index (χ0) is 17.4. The molecule has 24 heavy (non-hydrogen) atoms. The smallest absolute Gasteiger partial charge is 0.339 e. The molecule has 6 heteroatoms. The van der Waals surface area contributed by atoms with Gasteiger partial charge in [0, 0.05) is 17.3 Å². The minimum Gasteiger partial charge on any atom is -0.503 e. The summed E-state index contributed by atoms with van der Waals surface area (Å²) in [6, 6.07) is 8.63. The molecule has 0 aliphatic carbocycles. The van der Waals surface area contributed by atoms with Crippen LogP contribution in [-0.2, 0) is 16.0 Å². The molecule has 0 aliphatic heterocycles. The lowest BCUT2D eigenvalue weighted by molar-refractivity contribution is -0.130. The van der Waals surface area contributed by atoms with Gasteiger partial charge >= 0.3 is 5.97 Å². The van der Waals surface area contributed by atoms with Crippen LogP contribution in [0.1, 0.15) is 31.0 Å². The maximum absolute atomic E-state index is 11.4. The standard InChI is InChI=1S/C18H20N2O4/c1-3-4-7-13-10-17(20-12-19-13)24-16-9-6-5-8-14(16)15(11-23-2)18(21)22/h5-6,8-12H,3-4,7H2,1-2H3,(H,21,22). The van der Waals surface area contributed by atoms with Crippen LogP contribution in [0.4, 0.5) is 0 Å². The van der Waals surface area contributed by atoms with E-state index < -0.39 is 5.97 Å². The Morgan fingerprint density at radius 1 is 1.29 bits per heavy atom. The first-order chi connectivity index (χ1) is 11.7. The fraction of sp³-hybridized carbons (Fsp3) is 0.278. The molecular formula is C18H20N2O4. The molecule has 0 fully saturated rings. The molecule has 1 aromatic heterocycles. The van der Waals surface area contributed by atoms with Crippen molar-refractivity contribution in [3.63, 3.8) is 0 Å². The fourth-order valence-corrected chi connectivity index (χ4v) is 2.17. The van der Waals surface area contributed by atoms with Crippen LogP contribution in [0.25, 0.3) is 5.57 Å². The number of ether oxygens (including phenoxy) is 2. The minimum absolute atomic E-state index is 0.00774. The van der Waals surface area contributed by atoms with Gasteiger partial charge in [0.25, 0.3) is 0 Å². The number of carboxylic acid groups (broad SMARTS) is 1. The number of aromatic nitrogens is 2. The van der Waals surface area contributed by atoms with E-state index in [2.05, 4.69) is 16.9 Å². The van der Waals surface area contributed by atoms with Crippen molar-refractivity contribution in [1.29, 1.82) is 0 Å². The molecule has 0 amide bonds. The van der Waals surface area contributed by atoms with Crippen molar-refractivity contribution in [2.75, 3.05) is 7.11 Å². The molecule has 0 aliphatic rings. The third kappa shape index (κ3) is 4.55. The van der Waals surface area contributed by atoms with Crippen LogP contribution >= 0.6 is 0 Å². The van der Waals surface area contributed by atoms with Crippen molar-refractivity contribution in [1.82, 2.24) is 9.97 Å². The van der Waals surface area contributed by atoms with Crippen LogP contribution in [0, 0.1) is 0 Å². The van der Waals surface area contributed by atoms with Gasteiger partial charge in [-0.05, 0) is 18.9 Å². The third-order valence-corrected chi connectivity index (χ3v) is 3.34. The number of aryl methyl sites for hydroxylation is 1. The molecule has 1 N–H and O–H groups in total. The molecule has 0 saturated carbocycles. The van der Waals surface area contributed by atoms with Crippen molar-refractivity contribution in [2.45, 2.75) is 26.2 Å². The number of unbranched alkanes of at least 4 members (excludes halogenated alkanes) is 1. The van der Waals surface area contributed by atoms with Crippen LogP contribution in [0.15, 0.2) is 42.9 Å². The summed E-state index contributed by atoms with van der Waals surface area (Å²) in [7, 11) is 1.40. The topological polar surface area (TPSA) is 81.5 Å². The van der Waals surface area contributed by atoms with Crippen molar-refractivity contribution >= 4 is 11.5 Å². The number of hydrogen-bond donors (Lipinski definition) is 1. The summed E-state index contributed by atoms with van der Waals surface area (Å²) in [6.07, 6.45) is 5.59. The van der Waals surface area contributed by atoms with Gasteiger partial charge in [-0.15, -0.1) is 0 Å². The Hall–Kier alpha value is -2.89. The van der Waals surface area contributed by atoms with Gasteiger partial charge in [0.15, 0.2) is 0 Å². The van der Waals surface area contributed by atoms with Gasteiger partial charge in [-0.25, -0.2) is 14.8 Å². The normalized spacial score (nSPS) is 11.2. The molecule has 0 spiro atoms. The van der Waals surface area contributed by atoms with Gasteiger partial charge in [-0.3, -0.25) is 0 Å². The highest BCUT2D eigenvalue weighted by atomic mass is 16.5. The average Bonchev–Trinajstić information content (AvgIpc) is 2.59. The Morgan fingerprint density at radius 2 is 2.08 bits per heavy atom. The first kappa shape index (κ1) is 17.5. The molecule has 6 nitrogen and oxygen atoms in total.